The molecule has 0 aliphatic heterocycles. The van der Waals surface area contributed by atoms with Crippen LogP contribution in [0.1, 0.15) is 23.7 Å². The molecule has 2 rings (SSSR count). The minimum absolute atomic E-state index is 0.127. The van der Waals surface area contributed by atoms with Crippen LogP contribution >= 0.6 is 0 Å². The van der Waals surface area contributed by atoms with E-state index in [-0.39, 0.29) is 11.9 Å². The van der Waals surface area contributed by atoms with Crippen molar-refractivity contribution in [1.82, 2.24) is 15.2 Å². The summed E-state index contributed by atoms with van der Waals surface area (Å²) in [7, 11) is 3.96. The summed E-state index contributed by atoms with van der Waals surface area (Å²) in [5.41, 5.74) is 2.03. The number of halogens is 1. The average Bonchev–Trinajstić information content (AvgIpc) is 2.94. The van der Waals surface area contributed by atoms with E-state index in [1.807, 2.05) is 13.1 Å². The molecule has 0 amide bonds. The number of furan rings is 1. The van der Waals surface area contributed by atoms with Crippen molar-refractivity contribution in [2.75, 3.05) is 20.6 Å². The van der Waals surface area contributed by atoms with Gasteiger partial charge in [-0.25, -0.2) is 4.39 Å². The zero-order valence-electron chi connectivity index (χ0n) is 11.8. The van der Waals surface area contributed by atoms with Gasteiger partial charge in [-0.3, -0.25) is 4.98 Å². The van der Waals surface area contributed by atoms with Gasteiger partial charge in [-0.15, -0.1) is 0 Å². The van der Waals surface area contributed by atoms with E-state index in [4.69, 9.17) is 4.42 Å². The summed E-state index contributed by atoms with van der Waals surface area (Å²) in [6.45, 7) is 1.76. The van der Waals surface area contributed by atoms with Gasteiger partial charge in [0.25, 0.3) is 0 Å². The molecular formula is C15H20FN3O. The van der Waals surface area contributed by atoms with Crippen molar-refractivity contribution in [2.24, 2.45) is 0 Å². The van der Waals surface area contributed by atoms with Gasteiger partial charge in [0, 0.05) is 18.7 Å². The maximum atomic E-state index is 12.9. The number of aromatic nitrogens is 1. The summed E-state index contributed by atoms with van der Waals surface area (Å²) < 4.78 is 17.9. The standard InChI is InChI=1S/C15H20FN3O/c1-17-14(15-4-3-13(16)9-18-15)5-7-19(2)10-12-6-8-20-11-12/h3-4,6,8-9,11,14,17H,5,7,10H2,1-2H3. The molecule has 0 aromatic carbocycles. The molecule has 4 nitrogen and oxygen atoms in total. The average molecular weight is 277 g/mol. The SMILES string of the molecule is CNC(CCN(C)Cc1ccoc1)c1ccc(F)cn1. The van der Waals surface area contributed by atoms with Crippen molar-refractivity contribution in [2.45, 2.75) is 19.0 Å². The second-order valence-electron chi connectivity index (χ2n) is 4.90. The Hall–Kier alpha value is -1.72. The van der Waals surface area contributed by atoms with Gasteiger partial charge in [0.2, 0.25) is 0 Å². The van der Waals surface area contributed by atoms with Crippen molar-refractivity contribution >= 4 is 0 Å². The first-order valence-corrected chi connectivity index (χ1v) is 6.67. The van der Waals surface area contributed by atoms with Gasteiger partial charge in [-0.1, -0.05) is 0 Å². The normalized spacial score (nSPS) is 12.8. The van der Waals surface area contributed by atoms with E-state index in [1.165, 1.54) is 12.3 Å². The first-order chi connectivity index (χ1) is 9.69. The number of hydrogen-bond donors (Lipinski definition) is 1. The maximum absolute atomic E-state index is 12.9. The molecule has 20 heavy (non-hydrogen) atoms. The Kier molecular flexibility index (Phi) is 5.26. The van der Waals surface area contributed by atoms with Crippen molar-refractivity contribution in [3.05, 3.63) is 54.0 Å². The Bertz CT molecular complexity index is 498. The summed E-state index contributed by atoms with van der Waals surface area (Å²) in [5, 5.41) is 3.22. The van der Waals surface area contributed by atoms with Crippen LogP contribution in [0.2, 0.25) is 0 Å². The highest BCUT2D eigenvalue weighted by Crippen LogP contribution is 2.15. The summed E-state index contributed by atoms with van der Waals surface area (Å²) in [6.07, 6.45) is 5.61. The zero-order chi connectivity index (χ0) is 14.4. The van der Waals surface area contributed by atoms with E-state index in [2.05, 4.69) is 22.2 Å². The highest BCUT2D eigenvalue weighted by atomic mass is 19.1. The highest BCUT2D eigenvalue weighted by Gasteiger charge is 2.12. The van der Waals surface area contributed by atoms with E-state index in [0.29, 0.717) is 0 Å². The fourth-order valence-electron chi connectivity index (χ4n) is 2.16. The lowest BCUT2D eigenvalue weighted by atomic mass is 10.1. The van der Waals surface area contributed by atoms with Gasteiger partial charge in [0.15, 0.2) is 0 Å². The van der Waals surface area contributed by atoms with E-state index in [9.17, 15) is 4.39 Å². The summed E-state index contributed by atoms with van der Waals surface area (Å²) in [4.78, 5) is 6.35. The van der Waals surface area contributed by atoms with Crippen LogP contribution in [0.5, 0.6) is 0 Å². The summed E-state index contributed by atoms with van der Waals surface area (Å²) in [6, 6.07) is 5.27. The summed E-state index contributed by atoms with van der Waals surface area (Å²) in [5.74, 6) is -0.305. The molecular weight excluding hydrogens is 257 g/mol. The lowest BCUT2D eigenvalue weighted by Gasteiger charge is -2.20. The molecule has 1 N–H and O–H groups in total. The van der Waals surface area contributed by atoms with Crippen LogP contribution in [0.3, 0.4) is 0 Å². The van der Waals surface area contributed by atoms with Crippen LogP contribution < -0.4 is 5.32 Å². The largest absolute Gasteiger partial charge is 0.472 e. The van der Waals surface area contributed by atoms with Crippen molar-refractivity contribution in [3.63, 3.8) is 0 Å². The lowest BCUT2D eigenvalue weighted by Crippen LogP contribution is -2.25. The molecule has 108 valence electrons. The number of nitrogens with zero attached hydrogens (tertiary/aromatic N) is 2. The van der Waals surface area contributed by atoms with Gasteiger partial charge in [0.1, 0.15) is 5.82 Å². The molecule has 0 bridgehead atoms. The Balaban J connectivity index is 1.85. The third kappa shape index (κ3) is 4.15. The molecule has 0 saturated carbocycles. The Morgan fingerprint density at radius 2 is 2.25 bits per heavy atom. The van der Waals surface area contributed by atoms with Gasteiger partial charge in [-0.05, 0) is 38.7 Å². The number of hydrogen-bond acceptors (Lipinski definition) is 4. The van der Waals surface area contributed by atoms with E-state index >= 15 is 0 Å². The Morgan fingerprint density at radius 3 is 2.85 bits per heavy atom. The minimum Gasteiger partial charge on any atom is -0.472 e. The second kappa shape index (κ2) is 7.17. The molecule has 1 unspecified atom stereocenters. The quantitative estimate of drug-likeness (QED) is 0.844. The second-order valence-corrected chi connectivity index (χ2v) is 4.90. The maximum Gasteiger partial charge on any atom is 0.141 e. The zero-order valence-corrected chi connectivity index (χ0v) is 11.8. The highest BCUT2D eigenvalue weighted by molar-refractivity contribution is 5.10. The first-order valence-electron chi connectivity index (χ1n) is 6.67. The monoisotopic (exact) mass is 277 g/mol. The number of nitrogens with one attached hydrogen (secondary N) is 1. The number of rotatable bonds is 7. The van der Waals surface area contributed by atoms with Crippen LogP contribution in [-0.2, 0) is 6.54 Å². The Labute approximate surface area is 118 Å². The van der Waals surface area contributed by atoms with Crippen LogP contribution in [-0.4, -0.2) is 30.5 Å². The predicted octanol–water partition coefficient (Wildman–Crippen LogP) is 2.60. The van der Waals surface area contributed by atoms with Gasteiger partial charge >= 0.3 is 0 Å². The van der Waals surface area contributed by atoms with Crippen LogP contribution in [0, 0.1) is 5.82 Å². The van der Waals surface area contributed by atoms with Crippen molar-refractivity contribution in [3.8, 4) is 0 Å². The van der Waals surface area contributed by atoms with Gasteiger partial charge in [0.05, 0.1) is 30.5 Å². The van der Waals surface area contributed by atoms with Crippen LogP contribution in [0.25, 0.3) is 0 Å². The van der Waals surface area contributed by atoms with E-state index in [0.717, 1.165) is 30.8 Å². The van der Waals surface area contributed by atoms with E-state index in [1.54, 1.807) is 18.6 Å². The molecule has 2 aromatic heterocycles. The van der Waals surface area contributed by atoms with Crippen LogP contribution in [0.15, 0.2) is 41.3 Å². The lowest BCUT2D eigenvalue weighted by molar-refractivity contribution is 0.301. The molecule has 5 heteroatoms. The topological polar surface area (TPSA) is 41.3 Å². The smallest absolute Gasteiger partial charge is 0.141 e. The first kappa shape index (κ1) is 14.7. The molecule has 2 aromatic rings. The molecule has 0 fully saturated rings. The molecule has 0 spiro atoms. The molecule has 0 saturated heterocycles. The van der Waals surface area contributed by atoms with Crippen molar-refractivity contribution in [1.29, 1.82) is 0 Å². The molecule has 0 aliphatic carbocycles. The van der Waals surface area contributed by atoms with Gasteiger partial charge < -0.3 is 14.6 Å². The van der Waals surface area contributed by atoms with Crippen molar-refractivity contribution < 1.29 is 8.81 Å². The minimum atomic E-state index is -0.305. The molecule has 2 heterocycles. The number of pyridine rings is 1. The Morgan fingerprint density at radius 1 is 1.40 bits per heavy atom. The van der Waals surface area contributed by atoms with Gasteiger partial charge in [-0.2, -0.15) is 0 Å². The third-order valence-electron chi connectivity index (χ3n) is 3.29. The molecule has 0 aliphatic rings. The molecule has 0 radical (unpaired) electrons. The fraction of sp³-hybridized carbons (Fsp3) is 0.400. The molecule has 1 atom stereocenters. The van der Waals surface area contributed by atoms with E-state index < -0.39 is 0 Å². The predicted molar refractivity (Wildman–Crippen MR) is 75.7 cm³/mol. The third-order valence-corrected chi connectivity index (χ3v) is 3.29. The fourth-order valence-corrected chi connectivity index (χ4v) is 2.16. The summed E-state index contributed by atoms with van der Waals surface area (Å²) >= 11 is 0. The van der Waals surface area contributed by atoms with Crippen LogP contribution in [0.4, 0.5) is 4.39 Å².